The lowest BCUT2D eigenvalue weighted by atomic mass is 9.84. The van der Waals surface area contributed by atoms with Crippen LogP contribution in [0.1, 0.15) is 41.0 Å². The summed E-state index contributed by atoms with van der Waals surface area (Å²) in [6, 6.07) is -0.286. The molecule has 0 radical (unpaired) electrons. The summed E-state index contributed by atoms with van der Waals surface area (Å²) in [5, 5.41) is 2.83. The molecule has 104 valence electrons. The molecule has 4 nitrogen and oxygen atoms in total. The molecule has 1 aliphatic rings. The molecule has 1 saturated heterocycles. The summed E-state index contributed by atoms with van der Waals surface area (Å²) in [4.78, 5) is 26.2. The Labute approximate surface area is 110 Å². The lowest BCUT2D eigenvalue weighted by Crippen LogP contribution is -2.58. The fourth-order valence-corrected chi connectivity index (χ4v) is 2.92. The van der Waals surface area contributed by atoms with E-state index in [1.165, 1.54) is 0 Å². The van der Waals surface area contributed by atoms with E-state index >= 15 is 0 Å². The molecule has 1 rings (SSSR count). The van der Waals surface area contributed by atoms with Crippen LogP contribution in [0.2, 0.25) is 0 Å². The maximum Gasteiger partial charge on any atom is 0.242 e. The van der Waals surface area contributed by atoms with Gasteiger partial charge in [0, 0.05) is 19.0 Å². The maximum absolute atomic E-state index is 12.6. The van der Waals surface area contributed by atoms with Crippen LogP contribution in [0.15, 0.2) is 0 Å². The molecule has 2 amide bonds. The Bertz CT molecular complexity index is 305. The normalized spacial score (nSPS) is 20.8. The molecule has 0 bridgehead atoms. The molecule has 1 atom stereocenters. The number of nitrogens with zero attached hydrogens (tertiary/aromatic N) is 1. The van der Waals surface area contributed by atoms with Gasteiger partial charge in [0.2, 0.25) is 11.8 Å². The smallest absolute Gasteiger partial charge is 0.242 e. The highest BCUT2D eigenvalue weighted by molar-refractivity contribution is 5.89. The molecule has 18 heavy (non-hydrogen) atoms. The van der Waals surface area contributed by atoms with Crippen molar-refractivity contribution in [1.29, 1.82) is 0 Å². The molecule has 0 aliphatic carbocycles. The molecule has 1 heterocycles. The van der Waals surface area contributed by atoms with E-state index in [1.807, 2.05) is 6.92 Å². The van der Waals surface area contributed by atoms with Gasteiger partial charge in [0.1, 0.15) is 6.04 Å². The second kappa shape index (κ2) is 6.21. The lowest BCUT2D eigenvalue weighted by molar-refractivity contribution is -0.148. The number of carbonyl (C=O) groups is 2. The van der Waals surface area contributed by atoms with Crippen LogP contribution in [0, 0.1) is 17.8 Å². The van der Waals surface area contributed by atoms with E-state index in [9.17, 15) is 9.59 Å². The average molecular weight is 254 g/mol. The van der Waals surface area contributed by atoms with Gasteiger partial charge in [-0.15, -0.1) is 0 Å². The number of hydrogen-bond acceptors (Lipinski definition) is 2. The van der Waals surface area contributed by atoms with Gasteiger partial charge in [0.15, 0.2) is 0 Å². The number of carbonyl (C=O) groups excluding carboxylic acids is 2. The van der Waals surface area contributed by atoms with Crippen molar-refractivity contribution in [1.82, 2.24) is 10.2 Å². The second-order valence-electron chi connectivity index (χ2n) is 5.76. The summed E-state index contributed by atoms with van der Waals surface area (Å²) < 4.78 is 0. The van der Waals surface area contributed by atoms with Crippen LogP contribution in [-0.2, 0) is 9.59 Å². The summed E-state index contributed by atoms with van der Waals surface area (Å²) in [7, 11) is 0. The third-order valence-corrected chi connectivity index (χ3v) is 3.72. The van der Waals surface area contributed by atoms with Crippen molar-refractivity contribution in [2.45, 2.75) is 47.1 Å². The van der Waals surface area contributed by atoms with Gasteiger partial charge in [-0.3, -0.25) is 9.59 Å². The van der Waals surface area contributed by atoms with E-state index in [2.05, 4.69) is 33.0 Å². The van der Waals surface area contributed by atoms with Crippen molar-refractivity contribution in [3.05, 3.63) is 0 Å². The standard InChI is InChI=1S/C14H26N2O2/c1-6-11-13(17)15-7-8-16(11)14(18)12(9(2)3)10(4)5/h9-12H,6-8H2,1-5H3,(H,15,17). The van der Waals surface area contributed by atoms with Gasteiger partial charge < -0.3 is 10.2 Å². The first-order chi connectivity index (χ1) is 8.40. The van der Waals surface area contributed by atoms with Gasteiger partial charge >= 0.3 is 0 Å². The van der Waals surface area contributed by atoms with Crippen LogP contribution in [0.5, 0.6) is 0 Å². The minimum absolute atomic E-state index is 0.00458. The van der Waals surface area contributed by atoms with Crippen LogP contribution >= 0.6 is 0 Å². The molecular weight excluding hydrogens is 228 g/mol. The largest absolute Gasteiger partial charge is 0.353 e. The summed E-state index contributed by atoms with van der Waals surface area (Å²) in [5.74, 6) is 0.745. The minimum atomic E-state index is -0.286. The quantitative estimate of drug-likeness (QED) is 0.829. The Morgan fingerprint density at radius 3 is 2.33 bits per heavy atom. The first-order valence-corrected chi connectivity index (χ1v) is 6.98. The predicted molar refractivity (Wildman–Crippen MR) is 72.0 cm³/mol. The summed E-state index contributed by atoms with van der Waals surface area (Å²) in [6.07, 6.45) is 0.681. The summed E-state index contributed by atoms with van der Waals surface area (Å²) in [5.41, 5.74) is 0. The van der Waals surface area contributed by atoms with Crippen molar-refractivity contribution >= 4 is 11.8 Å². The maximum atomic E-state index is 12.6. The topological polar surface area (TPSA) is 49.4 Å². The van der Waals surface area contributed by atoms with Gasteiger partial charge in [-0.1, -0.05) is 34.6 Å². The molecule has 0 spiro atoms. The van der Waals surface area contributed by atoms with Crippen LogP contribution in [0.25, 0.3) is 0 Å². The van der Waals surface area contributed by atoms with Gasteiger partial charge in [-0.25, -0.2) is 0 Å². The fraction of sp³-hybridized carbons (Fsp3) is 0.857. The number of amides is 2. The van der Waals surface area contributed by atoms with Crippen molar-refractivity contribution in [3.63, 3.8) is 0 Å². The van der Waals surface area contributed by atoms with Gasteiger partial charge in [0.25, 0.3) is 0 Å². The molecule has 1 N–H and O–H groups in total. The Kier molecular flexibility index (Phi) is 5.17. The molecule has 1 fully saturated rings. The zero-order valence-electron chi connectivity index (χ0n) is 12.2. The van der Waals surface area contributed by atoms with E-state index in [0.717, 1.165) is 0 Å². The van der Waals surface area contributed by atoms with Gasteiger partial charge in [0.05, 0.1) is 0 Å². The number of piperazine rings is 1. The van der Waals surface area contributed by atoms with Gasteiger partial charge in [-0.2, -0.15) is 0 Å². The summed E-state index contributed by atoms with van der Waals surface area (Å²) >= 11 is 0. The highest BCUT2D eigenvalue weighted by atomic mass is 16.2. The monoisotopic (exact) mass is 254 g/mol. The summed E-state index contributed by atoms with van der Waals surface area (Å²) in [6.45, 7) is 11.5. The zero-order valence-corrected chi connectivity index (χ0v) is 12.2. The third-order valence-electron chi connectivity index (χ3n) is 3.72. The van der Waals surface area contributed by atoms with Crippen LogP contribution in [-0.4, -0.2) is 35.8 Å². The van der Waals surface area contributed by atoms with Gasteiger partial charge in [-0.05, 0) is 18.3 Å². The molecule has 0 aromatic heterocycles. The molecule has 1 unspecified atom stereocenters. The van der Waals surface area contributed by atoms with E-state index in [4.69, 9.17) is 0 Å². The van der Waals surface area contributed by atoms with Crippen LogP contribution in [0.3, 0.4) is 0 Å². The van der Waals surface area contributed by atoms with Crippen molar-refractivity contribution in [3.8, 4) is 0 Å². The van der Waals surface area contributed by atoms with Crippen molar-refractivity contribution in [2.24, 2.45) is 17.8 Å². The molecular formula is C14H26N2O2. The highest BCUT2D eigenvalue weighted by Crippen LogP contribution is 2.25. The van der Waals surface area contributed by atoms with E-state index < -0.39 is 0 Å². The highest BCUT2D eigenvalue weighted by Gasteiger charge is 2.37. The third kappa shape index (κ3) is 3.03. The minimum Gasteiger partial charge on any atom is -0.353 e. The molecule has 1 aliphatic heterocycles. The zero-order chi connectivity index (χ0) is 13.9. The Balaban J connectivity index is 2.89. The number of hydrogen-bond donors (Lipinski definition) is 1. The SMILES string of the molecule is CCC1C(=O)NCCN1C(=O)C(C(C)C)C(C)C. The van der Waals surface area contributed by atoms with E-state index in [0.29, 0.717) is 31.3 Å². The predicted octanol–water partition coefficient (Wildman–Crippen LogP) is 1.65. The number of nitrogens with one attached hydrogen (secondary N) is 1. The van der Waals surface area contributed by atoms with Crippen LogP contribution < -0.4 is 5.32 Å². The van der Waals surface area contributed by atoms with Crippen LogP contribution in [0.4, 0.5) is 0 Å². The van der Waals surface area contributed by atoms with Crippen molar-refractivity contribution in [2.75, 3.05) is 13.1 Å². The van der Waals surface area contributed by atoms with E-state index in [1.54, 1.807) is 4.90 Å². The molecule has 0 aromatic rings. The van der Waals surface area contributed by atoms with E-state index in [-0.39, 0.29) is 23.8 Å². The first-order valence-electron chi connectivity index (χ1n) is 6.98. The Morgan fingerprint density at radius 2 is 1.89 bits per heavy atom. The lowest BCUT2D eigenvalue weighted by Gasteiger charge is -2.38. The Morgan fingerprint density at radius 1 is 1.33 bits per heavy atom. The number of rotatable bonds is 4. The molecule has 0 saturated carbocycles. The Hall–Kier alpha value is -1.06. The molecule has 4 heteroatoms. The second-order valence-corrected chi connectivity index (χ2v) is 5.76. The van der Waals surface area contributed by atoms with Crippen molar-refractivity contribution < 1.29 is 9.59 Å². The first kappa shape index (κ1) is 15.0. The average Bonchev–Trinajstić information content (AvgIpc) is 2.27. The molecule has 0 aromatic carbocycles. The fourth-order valence-electron chi connectivity index (χ4n) is 2.92.